The lowest BCUT2D eigenvalue weighted by molar-refractivity contribution is -0.141. The third-order valence-electron chi connectivity index (χ3n) is 4.39. The van der Waals surface area contributed by atoms with Gasteiger partial charge in [-0.25, -0.2) is 4.79 Å². The maximum Gasteiger partial charge on any atom is 0.352 e. The van der Waals surface area contributed by atoms with Crippen LogP contribution < -0.4 is 14.2 Å². The summed E-state index contributed by atoms with van der Waals surface area (Å²) in [6, 6.07) is 30.1. The van der Waals surface area contributed by atoms with Gasteiger partial charge in [-0.15, -0.1) is 0 Å². The molecule has 29 heavy (non-hydrogen) atoms. The van der Waals surface area contributed by atoms with Crippen molar-refractivity contribution in [3.63, 3.8) is 0 Å². The second-order valence-electron chi connectivity index (χ2n) is 6.58. The third kappa shape index (κ3) is 4.74. The second-order valence-corrected chi connectivity index (χ2v) is 6.58. The predicted molar refractivity (Wildman–Crippen MR) is 113 cm³/mol. The molecule has 4 nitrogen and oxygen atoms in total. The Kier molecular flexibility index (Phi) is 5.43. The minimum Gasteiger partial charge on any atom is -0.479 e. The van der Waals surface area contributed by atoms with Crippen LogP contribution in [0.25, 0.3) is 10.8 Å². The van der Waals surface area contributed by atoms with Crippen LogP contribution in [0.4, 0.5) is 0 Å². The number of para-hydroxylation sites is 1. The molecule has 0 N–H and O–H groups in total. The fraction of sp³-hybridized carbons (Fsp3) is 0.0800. The molecule has 4 aromatic carbocycles. The minimum atomic E-state index is -0.748. The number of carbonyl (C=O) groups excluding carboxylic acids is 1. The molecule has 0 spiro atoms. The van der Waals surface area contributed by atoms with Crippen LogP contribution in [0.1, 0.15) is 6.92 Å². The van der Waals surface area contributed by atoms with Gasteiger partial charge in [0.25, 0.3) is 0 Å². The van der Waals surface area contributed by atoms with Gasteiger partial charge in [0.15, 0.2) is 6.10 Å². The van der Waals surface area contributed by atoms with E-state index in [9.17, 15) is 4.79 Å². The van der Waals surface area contributed by atoms with Crippen molar-refractivity contribution in [2.75, 3.05) is 0 Å². The zero-order valence-electron chi connectivity index (χ0n) is 15.9. The van der Waals surface area contributed by atoms with Crippen LogP contribution in [0.15, 0.2) is 97.1 Å². The lowest BCUT2D eigenvalue weighted by Crippen LogP contribution is -2.28. The van der Waals surface area contributed by atoms with Crippen molar-refractivity contribution in [1.29, 1.82) is 0 Å². The molecule has 4 aromatic rings. The Bertz CT molecular complexity index is 1100. The molecule has 0 aliphatic heterocycles. The molecular weight excluding hydrogens is 364 g/mol. The van der Waals surface area contributed by atoms with E-state index in [1.54, 1.807) is 37.3 Å². The Morgan fingerprint density at radius 3 is 2.00 bits per heavy atom. The van der Waals surface area contributed by atoms with Gasteiger partial charge in [-0.3, -0.25) is 0 Å². The molecule has 0 heterocycles. The first-order valence-electron chi connectivity index (χ1n) is 9.37. The van der Waals surface area contributed by atoms with Crippen LogP contribution in [0, 0.1) is 0 Å². The number of carbonyl (C=O) groups is 1. The zero-order valence-corrected chi connectivity index (χ0v) is 15.9. The Morgan fingerprint density at radius 1 is 0.655 bits per heavy atom. The number of ether oxygens (including phenoxy) is 3. The minimum absolute atomic E-state index is 0.454. The van der Waals surface area contributed by atoms with E-state index in [1.807, 2.05) is 66.7 Å². The van der Waals surface area contributed by atoms with E-state index in [0.717, 1.165) is 16.5 Å². The SMILES string of the molecule is CC(Oc1ccc(Oc2ccccc2)cc1)C(=O)Oc1ccc2ccccc2c1. The Labute approximate surface area is 169 Å². The van der Waals surface area contributed by atoms with E-state index >= 15 is 0 Å². The van der Waals surface area contributed by atoms with E-state index < -0.39 is 12.1 Å². The molecule has 144 valence electrons. The first-order chi connectivity index (χ1) is 14.2. The highest BCUT2D eigenvalue weighted by molar-refractivity contribution is 5.85. The van der Waals surface area contributed by atoms with Crippen LogP contribution >= 0.6 is 0 Å². The highest BCUT2D eigenvalue weighted by Crippen LogP contribution is 2.25. The standard InChI is InChI=1S/C25H20O4/c1-18(25(26)29-24-12-11-19-7-5-6-8-20(19)17-24)27-22-13-15-23(16-14-22)28-21-9-3-2-4-10-21/h2-18H,1H3. The van der Waals surface area contributed by atoms with Crippen LogP contribution in [0.5, 0.6) is 23.0 Å². The topological polar surface area (TPSA) is 44.8 Å². The molecule has 1 atom stereocenters. The molecule has 1 unspecified atom stereocenters. The van der Waals surface area contributed by atoms with Gasteiger partial charge in [0.1, 0.15) is 23.0 Å². The molecule has 0 saturated heterocycles. The molecule has 0 radical (unpaired) electrons. The van der Waals surface area contributed by atoms with Crippen molar-refractivity contribution in [1.82, 2.24) is 0 Å². The number of rotatable bonds is 6. The monoisotopic (exact) mass is 384 g/mol. The molecule has 0 fully saturated rings. The summed E-state index contributed by atoms with van der Waals surface area (Å²) in [5, 5.41) is 2.11. The summed E-state index contributed by atoms with van der Waals surface area (Å²) in [5.41, 5.74) is 0. The maximum atomic E-state index is 12.4. The summed E-state index contributed by atoms with van der Waals surface area (Å²) < 4.78 is 16.9. The first kappa shape index (κ1) is 18.6. The van der Waals surface area contributed by atoms with Gasteiger partial charge in [-0.2, -0.15) is 0 Å². The fourth-order valence-electron chi connectivity index (χ4n) is 2.89. The van der Waals surface area contributed by atoms with Gasteiger partial charge in [-0.05, 0) is 66.2 Å². The van der Waals surface area contributed by atoms with E-state index in [0.29, 0.717) is 17.2 Å². The zero-order chi connectivity index (χ0) is 20.1. The van der Waals surface area contributed by atoms with Gasteiger partial charge in [-0.1, -0.05) is 48.5 Å². The number of hydrogen-bond acceptors (Lipinski definition) is 4. The van der Waals surface area contributed by atoms with Crippen molar-refractivity contribution in [2.24, 2.45) is 0 Å². The fourth-order valence-corrected chi connectivity index (χ4v) is 2.89. The molecule has 0 aliphatic rings. The van der Waals surface area contributed by atoms with Gasteiger partial charge < -0.3 is 14.2 Å². The number of hydrogen-bond donors (Lipinski definition) is 0. The van der Waals surface area contributed by atoms with E-state index in [4.69, 9.17) is 14.2 Å². The summed E-state index contributed by atoms with van der Waals surface area (Å²) in [5.74, 6) is 2.05. The predicted octanol–water partition coefficient (Wildman–Crippen LogP) is 6.01. The summed E-state index contributed by atoms with van der Waals surface area (Å²) in [7, 11) is 0. The molecular formula is C25H20O4. The number of esters is 1. The Balaban J connectivity index is 1.36. The lowest BCUT2D eigenvalue weighted by Gasteiger charge is -2.14. The van der Waals surface area contributed by atoms with E-state index in [1.165, 1.54) is 0 Å². The van der Waals surface area contributed by atoms with Crippen LogP contribution in [0.2, 0.25) is 0 Å². The molecule has 0 aromatic heterocycles. The molecule has 0 bridgehead atoms. The Hall–Kier alpha value is -3.79. The molecule has 4 heteroatoms. The highest BCUT2D eigenvalue weighted by Gasteiger charge is 2.17. The van der Waals surface area contributed by atoms with Crippen molar-refractivity contribution >= 4 is 16.7 Å². The summed E-state index contributed by atoms with van der Waals surface area (Å²) in [6.07, 6.45) is -0.748. The maximum absolute atomic E-state index is 12.4. The molecule has 0 aliphatic carbocycles. The number of benzene rings is 4. The van der Waals surface area contributed by atoms with Gasteiger partial charge >= 0.3 is 5.97 Å². The summed E-state index contributed by atoms with van der Waals surface area (Å²) >= 11 is 0. The summed E-state index contributed by atoms with van der Waals surface area (Å²) in [6.45, 7) is 1.66. The average Bonchev–Trinajstić information content (AvgIpc) is 2.76. The van der Waals surface area contributed by atoms with Crippen molar-refractivity contribution in [3.8, 4) is 23.0 Å². The Morgan fingerprint density at radius 2 is 1.24 bits per heavy atom. The van der Waals surface area contributed by atoms with Crippen LogP contribution in [-0.2, 0) is 4.79 Å². The largest absolute Gasteiger partial charge is 0.479 e. The highest BCUT2D eigenvalue weighted by atomic mass is 16.6. The second kappa shape index (κ2) is 8.48. The smallest absolute Gasteiger partial charge is 0.352 e. The van der Waals surface area contributed by atoms with Crippen molar-refractivity contribution < 1.29 is 19.0 Å². The van der Waals surface area contributed by atoms with E-state index in [-0.39, 0.29) is 0 Å². The van der Waals surface area contributed by atoms with E-state index in [2.05, 4.69) is 0 Å². The quantitative estimate of drug-likeness (QED) is 0.302. The van der Waals surface area contributed by atoms with Crippen molar-refractivity contribution in [2.45, 2.75) is 13.0 Å². The lowest BCUT2D eigenvalue weighted by atomic mass is 10.1. The molecule has 0 amide bonds. The van der Waals surface area contributed by atoms with Crippen LogP contribution in [-0.4, -0.2) is 12.1 Å². The van der Waals surface area contributed by atoms with Gasteiger partial charge in [0.2, 0.25) is 0 Å². The van der Waals surface area contributed by atoms with Crippen molar-refractivity contribution in [3.05, 3.63) is 97.1 Å². The van der Waals surface area contributed by atoms with Crippen LogP contribution in [0.3, 0.4) is 0 Å². The van der Waals surface area contributed by atoms with Gasteiger partial charge in [0.05, 0.1) is 0 Å². The van der Waals surface area contributed by atoms with Gasteiger partial charge in [0, 0.05) is 0 Å². The number of fused-ring (bicyclic) bond motifs is 1. The molecule has 4 rings (SSSR count). The third-order valence-corrected chi connectivity index (χ3v) is 4.39. The molecule has 0 saturated carbocycles. The normalized spacial score (nSPS) is 11.6. The first-order valence-corrected chi connectivity index (χ1v) is 9.37. The summed E-state index contributed by atoms with van der Waals surface area (Å²) in [4.78, 5) is 12.4. The average molecular weight is 384 g/mol.